The van der Waals surface area contributed by atoms with Gasteiger partial charge in [0.25, 0.3) is 5.91 Å². The standard InChI is InChI=1S/C28H31NO3/c1-31-26-15-9-8-14-25(26)27(30)29-21-28(23-12-6-3-7-13-23)18-16-24(17-19-28)32-20-22-10-4-2-5-11-22/h2-15,24H,16-21H2,1H3,(H,29,30)/t24-,28-. The molecule has 1 aliphatic carbocycles. The van der Waals surface area contributed by atoms with Gasteiger partial charge in [0, 0.05) is 12.0 Å². The van der Waals surface area contributed by atoms with Gasteiger partial charge in [-0.1, -0.05) is 72.8 Å². The minimum atomic E-state index is -0.0970. The largest absolute Gasteiger partial charge is 0.496 e. The van der Waals surface area contributed by atoms with E-state index >= 15 is 0 Å². The highest BCUT2D eigenvalue weighted by molar-refractivity contribution is 5.96. The van der Waals surface area contributed by atoms with E-state index in [1.54, 1.807) is 13.2 Å². The van der Waals surface area contributed by atoms with Crippen molar-refractivity contribution in [2.45, 2.75) is 43.8 Å². The van der Waals surface area contributed by atoms with Gasteiger partial charge in [-0.05, 0) is 48.9 Å². The molecule has 0 aliphatic heterocycles. The zero-order valence-corrected chi connectivity index (χ0v) is 18.6. The summed E-state index contributed by atoms with van der Waals surface area (Å²) < 4.78 is 11.6. The van der Waals surface area contributed by atoms with E-state index in [2.05, 4.69) is 41.7 Å². The second-order valence-corrected chi connectivity index (χ2v) is 8.53. The zero-order valence-electron chi connectivity index (χ0n) is 18.6. The molecule has 0 bridgehead atoms. The number of nitrogens with one attached hydrogen (secondary N) is 1. The molecule has 1 aliphatic rings. The lowest BCUT2D eigenvalue weighted by Gasteiger charge is -2.41. The molecule has 0 heterocycles. The molecule has 0 atom stereocenters. The number of hydrogen-bond donors (Lipinski definition) is 1. The first-order chi connectivity index (χ1) is 15.7. The van der Waals surface area contributed by atoms with Gasteiger partial charge < -0.3 is 14.8 Å². The van der Waals surface area contributed by atoms with Crippen molar-refractivity contribution in [2.24, 2.45) is 0 Å². The van der Waals surface area contributed by atoms with Crippen LogP contribution in [0, 0.1) is 0 Å². The van der Waals surface area contributed by atoms with Crippen LogP contribution in [-0.4, -0.2) is 25.7 Å². The maximum Gasteiger partial charge on any atom is 0.255 e. The Hall–Kier alpha value is -3.11. The average molecular weight is 430 g/mol. The molecule has 0 saturated heterocycles. The summed E-state index contributed by atoms with van der Waals surface area (Å²) in [5.74, 6) is 0.497. The van der Waals surface area contributed by atoms with E-state index in [0.717, 1.165) is 25.7 Å². The Bertz CT molecular complexity index is 995. The monoisotopic (exact) mass is 429 g/mol. The van der Waals surface area contributed by atoms with E-state index in [9.17, 15) is 4.79 Å². The third-order valence-corrected chi connectivity index (χ3v) is 6.54. The third-order valence-electron chi connectivity index (χ3n) is 6.54. The second-order valence-electron chi connectivity index (χ2n) is 8.53. The first-order valence-corrected chi connectivity index (χ1v) is 11.3. The Morgan fingerprint density at radius 1 is 0.906 bits per heavy atom. The van der Waals surface area contributed by atoms with Crippen molar-refractivity contribution in [1.29, 1.82) is 0 Å². The Kier molecular flexibility index (Phi) is 7.23. The van der Waals surface area contributed by atoms with Gasteiger partial charge in [-0.3, -0.25) is 4.79 Å². The summed E-state index contributed by atoms with van der Waals surface area (Å²) in [6.07, 6.45) is 4.15. The minimum absolute atomic E-state index is 0.0917. The van der Waals surface area contributed by atoms with Gasteiger partial charge in [-0.2, -0.15) is 0 Å². The molecule has 1 saturated carbocycles. The molecule has 1 N–H and O–H groups in total. The van der Waals surface area contributed by atoms with Gasteiger partial charge in [-0.25, -0.2) is 0 Å². The predicted octanol–water partition coefficient (Wildman–Crippen LogP) is 5.52. The third kappa shape index (κ3) is 5.20. The van der Waals surface area contributed by atoms with E-state index in [4.69, 9.17) is 9.47 Å². The molecule has 3 aromatic carbocycles. The summed E-state index contributed by atoms with van der Waals surface area (Å²) in [7, 11) is 1.59. The number of rotatable bonds is 8. The summed E-state index contributed by atoms with van der Waals surface area (Å²) in [5, 5.41) is 3.20. The minimum Gasteiger partial charge on any atom is -0.496 e. The van der Waals surface area contributed by atoms with Crippen LogP contribution >= 0.6 is 0 Å². The van der Waals surface area contributed by atoms with Crippen molar-refractivity contribution < 1.29 is 14.3 Å². The molecule has 0 spiro atoms. The van der Waals surface area contributed by atoms with E-state index < -0.39 is 0 Å². The van der Waals surface area contributed by atoms with Gasteiger partial charge in [-0.15, -0.1) is 0 Å². The molecule has 32 heavy (non-hydrogen) atoms. The van der Waals surface area contributed by atoms with Gasteiger partial charge >= 0.3 is 0 Å². The molecule has 3 aromatic rings. The topological polar surface area (TPSA) is 47.6 Å². The van der Waals surface area contributed by atoms with E-state index in [1.807, 2.05) is 42.5 Å². The van der Waals surface area contributed by atoms with Crippen LogP contribution in [0.25, 0.3) is 0 Å². The van der Waals surface area contributed by atoms with Crippen molar-refractivity contribution in [3.05, 3.63) is 102 Å². The quantitative estimate of drug-likeness (QED) is 0.513. The molecular weight excluding hydrogens is 398 g/mol. The number of para-hydroxylation sites is 1. The van der Waals surface area contributed by atoms with Crippen LogP contribution in [0.1, 0.15) is 47.2 Å². The SMILES string of the molecule is COc1ccccc1C(=O)NC[C@]1(c2ccccc2)CC[C@H](OCc2ccccc2)CC1. The van der Waals surface area contributed by atoms with Gasteiger partial charge in [0.15, 0.2) is 0 Å². The van der Waals surface area contributed by atoms with E-state index in [1.165, 1.54) is 11.1 Å². The highest BCUT2D eigenvalue weighted by atomic mass is 16.5. The number of amides is 1. The summed E-state index contributed by atoms with van der Waals surface area (Å²) in [4.78, 5) is 12.9. The Balaban J connectivity index is 1.43. The molecule has 1 amide bonds. The van der Waals surface area contributed by atoms with Gasteiger partial charge in [0.1, 0.15) is 5.75 Å². The molecule has 4 rings (SSSR count). The number of ether oxygens (including phenoxy) is 2. The number of carbonyl (C=O) groups excluding carboxylic acids is 1. The fourth-order valence-electron chi connectivity index (χ4n) is 4.64. The highest BCUT2D eigenvalue weighted by Crippen LogP contribution is 2.40. The van der Waals surface area contributed by atoms with Crippen LogP contribution in [0.2, 0.25) is 0 Å². The van der Waals surface area contributed by atoms with Crippen molar-refractivity contribution >= 4 is 5.91 Å². The maximum absolute atomic E-state index is 12.9. The lowest BCUT2D eigenvalue weighted by Crippen LogP contribution is -2.44. The van der Waals surface area contributed by atoms with Crippen LogP contribution in [0.4, 0.5) is 0 Å². The van der Waals surface area contributed by atoms with Crippen molar-refractivity contribution in [2.75, 3.05) is 13.7 Å². The number of hydrogen-bond acceptors (Lipinski definition) is 3. The molecule has 0 aromatic heterocycles. The normalized spacial score (nSPS) is 20.5. The lowest BCUT2D eigenvalue weighted by molar-refractivity contribution is 0.00160. The molecule has 1 fully saturated rings. The average Bonchev–Trinajstić information content (AvgIpc) is 2.88. The number of methoxy groups -OCH3 is 1. The van der Waals surface area contributed by atoms with Crippen LogP contribution in [0.3, 0.4) is 0 Å². The van der Waals surface area contributed by atoms with Crippen LogP contribution in [-0.2, 0) is 16.8 Å². The van der Waals surface area contributed by atoms with Crippen molar-refractivity contribution in [1.82, 2.24) is 5.32 Å². The van der Waals surface area contributed by atoms with Gasteiger partial charge in [0.05, 0.1) is 25.4 Å². The van der Waals surface area contributed by atoms with Crippen LogP contribution in [0.5, 0.6) is 5.75 Å². The molecule has 4 heteroatoms. The smallest absolute Gasteiger partial charge is 0.255 e. The number of carbonyl (C=O) groups is 1. The highest BCUT2D eigenvalue weighted by Gasteiger charge is 2.37. The molecular formula is C28H31NO3. The van der Waals surface area contributed by atoms with Crippen molar-refractivity contribution in [3.63, 3.8) is 0 Å². The Morgan fingerprint density at radius 2 is 1.53 bits per heavy atom. The van der Waals surface area contributed by atoms with Gasteiger partial charge in [0.2, 0.25) is 0 Å². The maximum atomic E-state index is 12.9. The van der Waals surface area contributed by atoms with E-state index in [-0.39, 0.29) is 17.4 Å². The first-order valence-electron chi connectivity index (χ1n) is 11.3. The second kappa shape index (κ2) is 10.5. The lowest BCUT2D eigenvalue weighted by atomic mass is 9.68. The first kappa shape index (κ1) is 22.1. The number of benzene rings is 3. The molecule has 0 radical (unpaired) electrons. The molecule has 0 unspecified atom stereocenters. The molecule has 4 nitrogen and oxygen atoms in total. The van der Waals surface area contributed by atoms with E-state index in [0.29, 0.717) is 24.5 Å². The fraction of sp³-hybridized carbons (Fsp3) is 0.321. The van der Waals surface area contributed by atoms with Crippen LogP contribution in [0.15, 0.2) is 84.9 Å². The van der Waals surface area contributed by atoms with Crippen LogP contribution < -0.4 is 10.1 Å². The van der Waals surface area contributed by atoms with Crippen molar-refractivity contribution in [3.8, 4) is 5.75 Å². The summed E-state index contributed by atoms with van der Waals surface area (Å²) in [5.41, 5.74) is 2.96. The predicted molar refractivity (Wildman–Crippen MR) is 127 cm³/mol. The summed E-state index contributed by atoms with van der Waals surface area (Å²) in [6, 6.07) is 28.2. The molecule has 166 valence electrons. The zero-order chi connectivity index (χ0) is 22.2. The summed E-state index contributed by atoms with van der Waals surface area (Å²) in [6.45, 7) is 1.24. The fourth-order valence-corrected chi connectivity index (χ4v) is 4.64. The Labute approximate surface area is 190 Å². The Morgan fingerprint density at radius 3 is 2.22 bits per heavy atom. The summed E-state index contributed by atoms with van der Waals surface area (Å²) >= 11 is 0.